The number of carbonyl (C=O) groups is 1. The smallest absolute Gasteiger partial charge is 0.358 e. The molecule has 0 saturated carbocycles. The average molecular weight is 269 g/mol. The number of nitrogens with zero attached hydrogens (tertiary/aromatic N) is 3. The molecule has 1 heterocycles. The van der Waals surface area contributed by atoms with Crippen LogP contribution in [0.25, 0.3) is 0 Å². The second-order valence-electron chi connectivity index (χ2n) is 3.86. The summed E-state index contributed by atoms with van der Waals surface area (Å²) in [7, 11) is 3.23. The van der Waals surface area contributed by atoms with Crippen molar-refractivity contribution in [3.05, 3.63) is 18.1 Å². The molecule has 0 bridgehead atoms. The maximum absolute atomic E-state index is 11.1. The summed E-state index contributed by atoms with van der Waals surface area (Å²) in [4.78, 5) is 21.0. The zero-order chi connectivity index (χ0) is 14.1. The van der Waals surface area contributed by atoms with Gasteiger partial charge in [0.1, 0.15) is 0 Å². The fourth-order valence-electron chi connectivity index (χ4n) is 1.64. The van der Waals surface area contributed by atoms with Gasteiger partial charge in [-0.15, -0.1) is 0 Å². The first-order chi connectivity index (χ1) is 9.20. The predicted octanol–water partition coefficient (Wildman–Crippen LogP) is 0.664. The molecular weight excluding hydrogens is 250 g/mol. The van der Waals surface area contributed by atoms with Crippen molar-refractivity contribution in [1.29, 1.82) is 0 Å². The Balaban J connectivity index is 2.85. The predicted molar refractivity (Wildman–Crippen MR) is 69.6 cm³/mol. The quantitative estimate of drug-likeness (QED) is 0.659. The van der Waals surface area contributed by atoms with E-state index in [-0.39, 0.29) is 5.69 Å². The Morgan fingerprint density at radius 2 is 1.89 bits per heavy atom. The molecule has 1 aromatic heterocycles. The maximum Gasteiger partial charge on any atom is 0.358 e. The van der Waals surface area contributed by atoms with Crippen LogP contribution in [0.3, 0.4) is 0 Å². The fourth-order valence-corrected chi connectivity index (χ4v) is 1.64. The minimum absolute atomic E-state index is 0.0454. The lowest BCUT2D eigenvalue weighted by Crippen LogP contribution is -2.31. The Kier molecular flexibility index (Phi) is 6.76. The van der Waals surface area contributed by atoms with E-state index < -0.39 is 5.97 Å². The van der Waals surface area contributed by atoms with E-state index in [9.17, 15) is 4.79 Å². The summed E-state index contributed by atoms with van der Waals surface area (Å²) in [6, 6.07) is 0. The Morgan fingerprint density at radius 3 is 2.53 bits per heavy atom. The minimum Gasteiger partial charge on any atom is -0.476 e. The summed E-state index contributed by atoms with van der Waals surface area (Å²) >= 11 is 0. The minimum atomic E-state index is -1.09. The highest BCUT2D eigenvalue weighted by Gasteiger charge is 2.18. The molecule has 0 unspecified atom stereocenters. The number of aromatic nitrogens is 2. The molecule has 0 aromatic carbocycles. The Labute approximate surface area is 112 Å². The van der Waals surface area contributed by atoms with Crippen molar-refractivity contribution < 1.29 is 19.4 Å². The van der Waals surface area contributed by atoms with Gasteiger partial charge in [-0.25, -0.2) is 14.8 Å². The highest BCUT2D eigenvalue weighted by atomic mass is 16.5. The normalized spacial score (nSPS) is 10.4. The summed E-state index contributed by atoms with van der Waals surface area (Å²) in [5.74, 6) is -0.722. The summed E-state index contributed by atoms with van der Waals surface area (Å²) < 4.78 is 10.0. The van der Waals surface area contributed by atoms with Crippen LogP contribution in [-0.4, -0.2) is 61.6 Å². The Hall–Kier alpha value is -1.73. The number of methoxy groups -OCH3 is 2. The van der Waals surface area contributed by atoms with Crippen LogP contribution in [0.4, 0.5) is 5.82 Å². The van der Waals surface area contributed by atoms with Crippen molar-refractivity contribution in [2.24, 2.45) is 0 Å². The maximum atomic E-state index is 11.1. The molecule has 0 aliphatic rings. The van der Waals surface area contributed by atoms with Crippen molar-refractivity contribution >= 4 is 11.8 Å². The molecule has 0 atom stereocenters. The van der Waals surface area contributed by atoms with Crippen LogP contribution in [0.5, 0.6) is 0 Å². The number of anilines is 1. The molecule has 0 fully saturated rings. The van der Waals surface area contributed by atoms with E-state index in [1.807, 2.05) is 4.90 Å². The molecule has 19 heavy (non-hydrogen) atoms. The van der Waals surface area contributed by atoms with Crippen LogP contribution in [-0.2, 0) is 9.47 Å². The van der Waals surface area contributed by atoms with Gasteiger partial charge in [0.05, 0.1) is 6.61 Å². The zero-order valence-corrected chi connectivity index (χ0v) is 11.2. The standard InChI is InChI=1S/C12H19N3O4/c1-18-8-3-6-15(7-9-19-2)11-10(12(16)17)13-4-5-14-11/h4-5H,3,6-9H2,1-2H3,(H,16,17). The zero-order valence-electron chi connectivity index (χ0n) is 11.2. The van der Waals surface area contributed by atoms with Gasteiger partial charge >= 0.3 is 5.97 Å². The van der Waals surface area contributed by atoms with E-state index in [1.54, 1.807) is 14.2 Å². The summed E-state index contributed by atoms with van der Waals surface area (Å²) in [6.45, 7) is 2.28. The molecule has 0 spiro atoms. The molecule has 106 valence electrons. The highest BCUT2D eigenvalue weighted by Crippen LogP contribution is 2.15. The number of hydrogen-bond acceptors (Lipinski definition) is 6. The molecule has 7 heteroatoms. The number of aromatic carboxylic acids is 1. The number of rotatable bonds is 9. The third-order valence-corrected chi connectivity index (χ3v) is 2.52. The summed E-state index contributed by atoms with van der Waals surface area (Å²) in [6.07, 6.45) is 3.63. The SMILES string of the molecule is COCCCN(CCOC)c1nccnc1C(=O)O. The van der Waals surface area contributed by atoms with E-state index in [0.29, 0.717) is 32.1 Å². The van der Waals surface area contributed by atoms with Gasteiger partial charge in [-0.05, 0) is 6.42 Å². The highest BCUT2D eigenvalue weighted by molar-refractivity contribution is 5.90. The van der Waals surface area contributed by atoms with Crippen LogP contribution in [0.1, 0.15) is 16.9 Å². The number of hydrogen-bond donors (Lipinski definition) is 1. The molecule has 0 aliphatic carbocycles. The molecule has 0 saturated heterocycles. The van der Waals surface area contributed by atoms with Crippen LogP contribution in [0.15, 0.2) is 12.4 Å². The van der Waals surface area contributed by atoms with Crippen molar-refractivity contribution in [2.45, 2.75) is 6.42 Å². The molecule has 0 amide bonds. The van der Waals surface area contributed by atoms with Crippen molar-refractivity contribution in [3.8, 4) is 0 Å². The van der Waals surface area contributed by atoms with E-state index in [1.165, 1.54) is 12.4 Å². The van der Waals surface area contributed by atoms with Gasteiger partial charge in [0.25, 0.3) is 0 Å². The second kappa shape index (κ2) is 8.39. The van der Waals surface area contributed by atoms with Gasteiger partial charge in [0.15, 0.2) is 11.5 Å². The van der Waals surface area contributed by atoms with Crippen molar-refractivity contribution in [1.82, 2.24) is 9.97 Å². The largest absolute Gasteiger partial charge is 0.476 e. The average Bonchev–Trinajstić information content (AvgIpc) is 2.42. The summed E-state index contributed by atoms with van der Waals surface area (Å²) in [5.41, 5.74) is -0.0454. The third kappa shape index (κ3) is 4.80. The Morgan fingerprint density at radius 1 is 1.21 bits per heavy atom. The number of ether oxygens (including phenoxy) is 2. The van der Waals surface area contributed by atoms with Gasteiger partial charge in [-0.1, -0.05) is 0 Å². The molecule has 7 nitrogen and oxygen atoms in total. The summed E-state index contributed by atoms with van der Waals surface area (Å²) in [5, 5.41) is 9.13. The first-order valence-corrected chi connectivity index (χ1v) is 5.97. The number of carboxylic acid groups (broad SMARTS) is 1. The van der Waals surface area contributed by atoms with Gasteiger partial charge in [0.2, 0.25) is 0 Å². The lowest BCUT2D eigenvalue weighted by molar-refractivity contribution is 0.0690. The van der Waals surface area contributed by atoms with Crippen LogP contribution in [0.2, 0.25) is 0 Å². The lowest BCUT2D eigenvalue weighted by Gasteiger charge is -2.23. The van der Waals surface area contributed by atoms with Crippen molar-refractivity contribution in [2.75, 3.05) is 45.4 Å². The van der Waals surface area contributed by atoms with E-state index >= 15 is 0 Å². The first kappa shape index (κ1) is 15.3. The van der Waals surface area contributed by atoms with E-state index in [0.717, 1.165) is 6.42 Å². The molecular formula is C12H19N3O4. The van der Waals surface area contributed by atoms with Crippen LogP contribution >= 0.6 is 0 Å². The lowest BCUT2D eigenvalue weighted by atomic mass is 10.3. The monoisotopic (exact) mass is 269 g/mol. The van der Waals surface area contributed by atoms with Crippen LogP contribution in [0, 0.1) is 0 Å². The first-order valence-electron chi connectivity index (χ1n) is 5.97. The Bertz CT molecular complexity index is 400. The van der Waals surface area contributed by atoms with Gasteiger partial charge in [0, 0.05) is 46.3 Å². The second-order valence-corrected chi connectivity index (χ2v) is 3.86. The fraction of sp³-hybridized carbons (Fsp3) is 0.583. The van der Waals surface area contributed by atoms with E-state index in [2.05, 4.69) is 9.97 Å². The molecule has 0 aliphatic heterocycles. The molecule has 1 aromatic rings. The molecule has 1 N–H and O–H groups in total. The third-order valence-electron chi connectivity index (χ3n) is 2.52. The van der Waals surface area contributed by atoms with Gasteiger partial charge in [-0.2, -0.15) is 0 Å². The van der Waals surface area contributed by atoms with Gasteiger partial charge < -0.3 is 19.5 Å². The molecule has 0 radical (unpaired) electrons. The number of carboxylic acids is 1. The van der Waals surface area contributed by atoms with E-state index in [4.69, 9.17) is 14.6 Å². The topological polar surface area (TPSA) is 84.8 Å². The van der Waals surface area contributed by atoms with Crippen molar-refractivity contribution in [3.63, 3.8) is 0 Å². The van der Waals surface area contributed by atoms with Gasteiger partial charge in [-0.3, -0.25) is 0 Å². The molecule has 1 rings (SSSR count). The van der Waals surface area contributed by atoms with Crippen LogP contribution < -0.4 is 4.90 Å².